The molecule has 1 amide bonds. The van der Waals surface area contributed by atoms with Crippen molar-refractivity contribution in [3.05, 3.63) is 41.7 Å². The molecule has 23 heavy (non-hydrogen) atoms. The zero-order chi connectivity index (χ0) is 17.0. The average molecular weight is 328 g/mol. The molecule has 1 unspecified atom stereocenters. The third-order valence-corrected chi connectivity index (χ3v) is 3.23. The number of benzene rings is 1. The van der Waals surface area contributed by atoms with Gasteiger partial charge in [-0.3, -0.25) is 4.79 Å². The molecule has 6 nitrogen and oxygen atoms in total. The first-order valence-electron chi connectivity index (χ1n) is 6.85. The van der Waals surface area contributed by atoms with E-state index in [1.165, 1.54) is 10.9 Å². The predicted octanol–water partition coefficient (Wildman–Crippen LogP) is 1.48. The number of alkyl halides is 3. The molecule has 1 atom stereocenters. The molecule has 124 valence electrons. The highest BCUT2D eigenvalue weighted by Crippen LogP contribution is 2.20. The minimum absolute atomic E-state index is 0.265. The lowest BCUT2D eigenvalue weighted by atomic mass is 10.1. The number of para-hydroxylation sites is 1. The third kappa shape index (κ3) is 3.86. The van der Waals surface area contributed by atoms with Gasteiger partial charge in [-0.15, -0.1) is 5.10 Å². The van der Waals surface area contributed by atoms with Crippen LogP contribution in [0.5, 0.6) is 0 Å². The fourth-order valence-corrected chi connectivity index (χ4v) is 1.98. The van der Waals surface area contributed by atoms with Crippen LogP contribution in [0.25, 0.3) is 5.69 Å². The summed E-state index contributed by atoms with van der Waals surface area (Å²) in [4.78, 5) is 11.8. The Labute approximate surface area is 129 Å². The summed E-state index contributed by atoms with van der Waals surface area (Å²) in [6, 6.07) is 4.93. The highest BCUT2D eigenvalue weighted by molar-refractivity contribution is 5.92. The summed E-state index contributed by atoms with van der Waals surface area (Å²) in [7, 11) is 0. The first-order chi connectivity index (χ1) is 10.9. The number of nitrogens with one attached hydrogen (secondary N) is 1. The van der Waals surface area contributed by atoms with Crippen molar-refractivity contribution in [3.63, 3.8) is 0 Å². The highest BCUT2D eigenvalue weighted by Gasteiger charge is 2.40. The molecule has 0 fully saturated rings. The maximum Gasteiger partial charge on any atom is 0.410 e. The van der Waals surface area contributed by atoms with Crippen molar-refractivity contribution in [1.29, 1.82) is 0 Å². The molecule has 0 aliphatic heterocycles. The van der Waals surface area contributed by atoms with E-state index < -0.39 is 24.7 Å². The first kappa shape index (κ1) is 16.9. The van der Waals surface area contributed by atoms with Crippen LogP contribution in [0.2, 0.25) is 0 Å². The number of aryl methyl sites for hydroxylation is 1. The summed E-state index contributed by atoms with van der Waals surface area (Å²) in [5, 5.41) is 17.8. The molecule has 1 aromatic carbocycles. The van der Waals surface area contributed by atoms with Crippen LogP contribution in [-0.2, 0) is 6.42 Å². The molecule has 0 aliphatic rings. The van der Waals surface area contributed by atoms with Gasteiger partial charge in [-0.25, -0.2) is 4.68 Å². The van der Waals surface area contributed by atoms with E-state index in [1.807, 2.05) is 19.1 Å². The lowest BCUT2D eigenvalue weighted by molar-refractivity contribution is -0.161. The second-order valence-corrected chi connectivity index (χ2v) is 4.78. The number of aliphatic hydroxyl groups excluding tert-OH is 1. The van der Waals surface area contributed by atoms with E-state index in [-0.39, 0.29) is 5.69 Å². The topological polar surface area (TPSA) is 80.0 Å². The zero-order valence-electron chi connectivity index (χ0n) is 12.2. The fourth-order valence-electron chi connectivity index (χ4n) is 1.98. The number of hydrogen-bond acceptors (Lipinski definition) is 4. The molecule has 2 N–H and O–H groups in total. The molecule has 0 aliphatic carbocycles. The van der Waals surface area contributed by atoms with Crippen molar-refractivity contribution >= 4 is 5.91 Å². The molecule has 0 radical (unpaired) electrons. The van der Waals surface area contributed by atoms with Crippen LogP contribution >= 0.6 is 0 Å². The van der Waals surface area contributed by atoms with Crippen LogP contribution in [-0.4, -0.2) is 44.8 Å². The number of nitrogens with zero attached hydrogens (tertiary/aromatic N) is 3. The number of aromatic nitrogens is 3. The number of aliphatic hydroxyl groups is 1. The predicted molar refractivity (Wildman–Crippen MR) is 75.1 cm³/mol. The number of halogens is 3. The van der Waals surface area contributed by atoms with Gasteiger partial charge >= 0.3 is 6.18 Å². The number of hydrogen-bond donors (Lipinski definition) is 2. The Morgan fingerprint density at radius 3 is 2.70 bits per heavy atom. The van der Waals surface area contributed by atoms with Gasteiger partial charge in [0.25, 0.3) is 5.91 Å². The summed E-state index contributed by atoms with van der Waals surface area (Å²) < 4.78 is 39.0. The van der Waals surface area contributed by atoms with Crippen molar-refractivity contribution in [2.24, 2.45) is 0 Å². The van der Waals surface area contributed by atoms with E-state index in [1.54, 1.807) is 17.4 Å². The van der Waals surface area contributed by atoms with Gasteiger partial charge < -0.3 is 10.4 Å². The lowest BCUT2D eigenvalue weighted by Gasteiger charge is -2.18. The molecule has 2 aromatic rings. The number of carbonyl (C=O) groups is 1. The van der Waals surface area contributed by atoms with E-state index in [0.29, 0.717) is 5.69 Å². The van der Waals surface area contributed by atoms with Gasteiger partial charge in [-0.1, -0.05) is 30.3 Å². The molecule has 0 spiro atoms. The fraction of sp³-hybridized carbons (Fsp3) is 0.357. The van der Waals surface area contributed by atoms with Gasteiger partial charge in [-0.05, 0) is 18.1 Å². The summed E-state index contributed by atoms with van der Waals surface area (Å²) in [6.45, 7) is 0.695. The number of carbonyl (C=O) groups excluding carboxylic acids is 1. The van der Waals surface area contributed by atoms with E-state index in [4.69, 9.17) is 5.11 Å². The smallest absolute Gasteiger partial charge is 0.394 e. The Kier molecular flexibility index (Phi) is 4.99. The van der Waals surface area contributed by atoms with E-state index >= 15 is 0 Å². The summed E-state index contributed by atoms with van der Waals surface area (Å²) >= 11 is 0. The van der Waals surface area contributed by atoms with Gasteiger partial charge in [0.1, 0.15) is 6.04 Å². The van der Waals surface area contributed by atoms with Crippen LogP contribution in [0.15, 0.2) is 30.5 Å². The Morgan fingerprint density at radius 2 is 2.09 bits per heavy atom. The molecular weight excluding hydrogens is 313 g/mol. The van der Waals surface area contributed by atoms with Gasteiger partial charge in [-0.2, -0.15) is 13.2 Å². The maximum absolute atomic E-state index is 12.5. The van der Waals surface area contributed by atoms with E-state index in [0.717, 1.165) is 12.0 Å². The molecule has 1 heterocycles. The molecule has 1 aromatic heterocycles. The van der Waals surface area contributed by atoms with Crippen LogP contribution in [0, 0.1) is 0 Å². The normalized spacial score (nSPS) is 12.9. The van der Waals surface area contributed by atoms with Crippen LogP contribution < -0.4 is 5.32 Å². The molecule has 2 rings (SSSR count). The molecule has 0 saturated carbocycles. The minimum atomic E-state index is -4.74. The largest absolute Gasteiger partial charge is 0.410 e. The van der Waals surface area contributed by atoms with E-state index in [9.17, 15) is 18.0 Å². The zero-order valence-corrected chi connectivity index (χ0v) is 12.2. The van der Waals surface area contributed by atoms with Gasteiger partial charge in [0, 0.05) is 0 Å². The number of amides is 1. The van der Waals surface area contributed by atoms with Crippen LogP contribution in [0.4, 0.5) is 13.2 Å². The molecule has 0 saturated heterocycles. The van der Waals surface area contributed by atoms with Crippen molar-refractivity contribution in [1.82, 2.24) is 20.3 Å². The standard InChI is InChI=1S/C14H15F3N4O2/c1-2-9-5-3-4-6-11(9)21-7-10(19-20-21)13(23)18-12(8-22)14(15,16)17/h3-7,12,22H,2,8H2,1H3,(H,18,23). The van der Waals surface area contributed by atoms with Gasteiger partial charge in [0.05, 0.1) is 18.5 Å². The van der Waals surface area contributed by atoms with Crippen molar-refractivity contribution in [2.45, 2.75) is 25.6 Å². The minimum Gasteiger partial charge on any atom is -0.394 e. The van der Waals surface area contributed by atoms with Crippen LogP contribution in [0.1, 0.15) is 23.0 Å². The summed E-state index contributed by atoms with van der Waals surface area (Å²) in [5.74, 6) is -1.05. The van der Waals surface area contributed by atoms with Gasteiger partial charge in [0.2, 0.25) is 0 Å². The molecule has 0 bridgehead atoms. The quantitative estimate of drug-likeness (QED) is 0.871. The first-order valence-corrected chi connectivity index (χ1v) is 6.85. The van der Waals surface area contributed by atoms with E-state index in [2.05, 4.69) is 10.3 Å². The average Bonchev–Trinajstić information content (AvgIpc) is 3.01. The lowest BCUT2D eigenvalue weighted by Crippen LogP contribution is -2.47. The monoisotopic (exact) mass is 328 g/mol. The molecular formula is C14H15F3N4O2. The second-order valence-electron chi connectivity index (χ2n) is 4.78. The summed E-state index contributed by atoms with van der Waals surface area (Å²) in [5.41, 5.74) is 1.38. The van der Waals surface area contributed by atoms with Crippen molar-refractivity contribution in [2.75, 3.05) is 6.61 Å². The van der Waals surface area contributed by atoms with Crippen molar-refractivity contribution < 1.29 is 23.1 Å². The Balaban J connectivity index is 2.20. The van der Waals surface area contributed by atoms with Gasteiger partial charge in [0.15, 0.2) is 5.69 Å². The maximum atomic E-state index is 12.5. The third-order valence-electron chi connectivity index (χ3n) is 3.23. The highest BCUT2D eigenvalue weighted by atomic mass is 19.4. The molecule has 9 heteroatoms. The van der Waals surface area contributed by atoms with Crippen LogP contribution in [0.3, 0.4) is 0 Å². The summed E-state index contributed by atoms with van der Waals surface area (Å²) in [6.07, 6.45) is -2.78. The second kappa shape index (κ2) is 6.78. The Hall–Kier alpha value is -2.42. The van der Waals surface area contributed by atoms with Crippen molar-refractivity contribution in [3.8, 4) is 5.69 Å². The Bertz CT molecular complexity index is 685. The Morgan fingerprint density at radius 1 is 1.39 bits per heavy atom. The SMILES string of the molecule is CCc1ccccc1-n1cc(C(=O)NC(CO)C(F)(F)F)nn1. The number of rotatable bonds is 5.